The molecule has 0 spiro atoms. The van der Waals surface area contributed by atoms with Crippen molar-refractivity contribution >= 4 is 24.0 Å². The number of rotatable bonds is 15. The van der Waals surface area contributed by atoms with Crippen molar-refractivity contribution in [1.29, 1.82) is 0 Å². The molecule has 1 unspecified atom stereocenters. The van der Waals surface area contributed by atoms with Crippen LogP contribution in [0.2, 0.25) is 0 Å². The number of carbonyl (C=O) groups is 4. The lowest BCUT2D eigenvalue weighted by Gasteiger charge is -2.50. The summed E-state index contributed by atoms with van der Waals surface area (Å²) in [6.07, 6.45) is -1.02. The average Bonchev–Trinajstić information content (AvgIpc) is 3.15. The van der Waals surface area contributed by atoms with Crippen LogP contribution >= 0.6 is 0 Å². The van der Waals surface area contributed by atoms with Gasteiger partial charge in [0.15, 0.2) is 18.4 Å². The number of hydrogen-bond donors (Lipinski definition) is 1. The molecule has 1 N–H and O–H groups in total. The average molecular weight is 826 g/mol. The van der Waals surface area contributed by atoms with Gasteiger partial charge in [0.25, 0.3) is 0 Å². The molecule has 0 bridgehead atoms. The van der Waals surface area contributed by atoms with E-state index in [0.717, 1.165) is 0 Å². The molecular weight excluding hydrogens is 758 g/mol. The molecule has 2 fully saturated rings. The highest BCUT2D eigenvalue weighted by Crippen LogP contribution is 2.39. The zero-order valence-corrected chi connectivity index (χ0v) is 35.8. The first kappa shape index (κ1) is 49.5. The number of hydrogen-bond acceptors (Lipinski definition) is 16. The molecule has 0 amide bonds. The molecule has 0 saturated carbocycles. The molecule has 0 aliphatic carbocycles. The van der Waals surface area contributed by atoms with E-state index < -0.39 is 109 Å². The van der Waals surface area contributed by atoms with Crippen molar-refractivity contribution in [2.75, 3.05) is 34.9 Å². The molecule has 0 aromatic rings. The van der Waals surface area contributed by atoms with Crippen LogP contribution in [0.25, 0.3) is 0 Å². The zero-order valence-electron chi connectivity index (χ0n) is 35.8. The molecule has 2 saturated heterocycles. The molecule has 3 aliphatic heterocycles. The highest BCUT2D eigenvalue weighted by Gasteiger charge is 2.53. The Kier molecular flexibility index (Phi) is 20.3. The second-order valence-corrected chi connectivity index (χ2v) is 15.7. The van der Waals surface area contributed by atoms with Gasteiger partial charge in [0, 0.05) is 38.7 Å². The Labute approximate surface area is 343 Å². The van der Waals surface area contributed by atoms with Crippen molar-refractivity contribution < 1.29 is 72.0 Å². The number of methoxy groups -OCH3 is 1. The van der Waals surface area contributed by atoms with Crippen molar-refractivity contribution in [2.45, 2.75) is 159 Å². The minimum atomic E-state index is -1.37. The molecule has 0 aromatic heterocycles. The molecule has 15 atom stereocenters. The lowest BCUT2D eigenvalue weighted by Crippen LogP contribution is -2.66. The summed E-state index contributed by atoms with van der Waals surface area (Å²) < 4.78 is 49.5. The maximum atomic E-state index is 13.3. The molecule has 0 aromatic carbocycles. The molecule has 3 rings (SSSR count). The van der Waals surface area contributed by atoms with Gasteiger partial charge in [0.2, 0.25) is 0 Å². The number of cyclic esters (lactones) is 1. The first-order valence-electron chi connectivity index (χ1n) is 20.2. The van der Waals surface area contributed by atoms with Gasteiger partial charge in [-0.15, -0.1) is 6.58 Å². The summed E-state index contributed by atoms with van der Waals surface area (Å²) in [5.74, 6) is -2.75. The maximum absolute atomic E-state index is 13.3. The van der Waals surface area contributed by atoms with E-state index in [-0.39, 0.29) is 38.1 Å². The first-order valence-corrected chi connectivity index (χ1v) is 20.2. The highest BCUT2D eigenvalue weighted by atomic mass is 17.2. The SMILES string of the molecule is C=CCO[C@H]1[C@H](C)O[C@@H](O[C@H]2[C@H](N(C)C)[C@@H](O)[C@H](O[C@@H]3C(OC)[C@H](OC(=O)CC)CC(=O)O[C@H](C)C/C=C/C=C/C(=O)[C@H](C)C[C@@H]3CC=O)O[C@@H]2C)C[C@@]1(C)OOC. The standard InChI is InChI=1S/C42H67NO15/c1-12-21-51-40-28(6)53-34(24-42(40,7)58-50-11)56-37-27(5)54-41(36(48)35(37)43(8)9)57-38-29(19-20-44)22-25(3)30(45)18-16-14-15-17-26(4)52-33(47)23-31(39(38)49-10)55-32(46)13-2/h12,14-16,18,20,25-29,31,34-41,48H,1,13,17,19,21-24H2,2-11H3/b15-14+,18-16+/t25-,26-,27-,28+,29+,31-,34+,35-,36-,37-,38+,39?,40+,41+,42-/m1/s1. The van der Waals surface area contributed by atoms with Crippen molar-refractivity contribution in [3.8, 4) is 0 Å². The topological polar surface area (TPSA) is 184 Å². The van der Waals surface area contributed by atoms with E-state index >= 15 is 0 Å². The number of carbonyl (C=O) groups excluding carboxylic acids is 4. The van der Waals surface area contributed by atoms with Gasteiger partial charge in [-0.1, -0.05) is 38.2 Å². The van der Waals surface area contributed by atoms with Crippen LogP contribution in [0.3, 0.4) is 0 Å². The summed E-state index contributed by atoms with van der Waals surface area (Å²) in [5.41, 5.74) is -0.975. The minimum absolute atomic E-state index is 0.000936. The summed E-state index contributed by atoms with van der Waals surface area (Å²) in [6, 6.07) is -0.738. The molecule has 0 radical (unpaired) electrons. The Morgan fingerprint density at radius 3 is 2.40 bits per heavy atom. The number of allylic oxidation sites excluding steroid dienone is 3. The van der Waals surface area contributed by atoms with Crippen molar-refractivity contribution in [3.05, 3.63) is 37.0 Å². The normalized spacial score (nSPS) is 39.4. The van der Waals surface area contributed by atoms with Gasteiger partial charge < -0.3 is 52.7 Å². The van der Waals surface area contributed by atoms with E-state index in [1.165, 1.54) is 20.3 Å². The Morgan fingerprint density at radius 2 is 1.78 bits per heavy atom. The summed E-state index contributed by atoms with van der Waals surface area (Å²) in [7, 11) is 6.34. The number of likely N-dealkylation sites (N-methyl/N-ethyl adjacent to an activating group) is 1. The zero-order chi connectivity index (χ0) is 43.2. The van der Waals surface area contributed by atoms with E-state index in [1.807, 2.05) is 13.8 Å². The molecular formula is C42H67NO15. The number of esters is 2. The predicted molar refractivity (Wildman–Crippen MR) is 210 cm³/mol. The van der Waals surface area contributed by atoms with Crippen LogP contribution in [0, 0.1) is 11.8 Å². The molecule has 330 valence electrons. The lowest BCUT2D eigenvalue weighted by atomic mass is 9.83. The fraction of sp³-hybridized carbons (Fsp3) is 0.762. The maximum Gasteiger partial charge on any atom is 0.309 e. The van der Waals surface area contributed by atoms with Crippen LogP contribution in [0.4, 0.5) is 0 Å². The number of aliphatic hydroxyl groups excluding tert-OH is 1. The predicted octanol–water partition coefficient (Wildman–Crippen LogP) is 3.81. The fourth-order valence-electron chi connectivity index (χ4n) is 8.01. The quantitative estimate of drug-likeness (QED) is 0.0826. The van der Waals surface area contributed by atoms with Crippen molar-refractivity contribution in [1.82, 2.24) is 4.90 Å². The van der Waals surface area contributed by atoms with Crippen molar-refractivity contribution in [3.63, 3.8) is 0 Å². The van der Waals surface area contributed by atoms with E-state index in [0.29, 0.717) is 12.7 Å². The van der Waals surface area contributed by atoms with E-state index in [4.69, 9.17) is 47.7 Å². The number of aliphatic hydroxyl groups is 1. The second-order valence-electron chi connectivity index (χ2n) is 15.7. The highest BCUT2D eigenvalue weighted by molar-refractivity contribution is 5.91. The monoisotopic (exact) mass is 825 g/mol. The summed E-state index contributed by atoms with van der Waals surface area (Å²) in [5, 5.41) is 12.1. The second kappa shape index (κ2) is 23.8. The molecule has 3 aliphatic rings. The number of ether oxygens (including phenoxy) is 8. The number of aldehydes is 1. The first-order chi connectivity index (χ1) is 27.5. The van der Waals surface area contributed by atoms with Gasteiger partial charge in [-0.3, -0.25) is 14.4 Å². The van der Waals surface area contributed by atoms with Gasteiger partial charge in [-0.25, -0.2) is 9.78 Å². The van der Waals surface area contributed by atoms with Crippen molar-refractivity contribution in [2.24, 2.45) is 11.8 Å². The van der Waals surface area contributed by atoms with Gasteiger partial charge in [0.1, 0.15) is 48.5 Å². The van der Waals surface area contributed by atoms with Crippen LogP contribution in [0.1, 0.15) is 80.1 Å². The van der Waals surface area contributed by atoms with Gasteiger partial charge in [0.05, 0.1) is 44.5 Å². The summed E-state index contributed by atoms with van der Waals surface area (Å²) in [4.78, 5) is 64.4. The molecule has 16 heteroatoms. The van der Waals surface area contributed by atoms with E-state index in [9.17, 15) is 24.3 Å². The molecule has 16 nitrogen and oxygen atoms in total. The minimum Gasteiger partial charge on any atom is -0.462 e. The molecule has 3 heterocycles. The Morgan fingerprint density at radius 1 is 1.05 bits per heavy atom. The van der Waals surface area contributed by atoms with E-state index in [1.54, 1.807) is 71.0 Å². The smallest absolute Gasteiger partial charge is 0.309 e. The molecule has 58 heavy (non-hydrogen) atoms. The lowest BCUT2D eigenvalue weighted by molar-refractivity contribution is -0.406. The largest absolute Gasteiger partial charge is 0.462 e. The van der Waals surface area contributed by atoms with Gasteiger partial charge >= 0.3 is 11.9 Å². The van der Waals surface area contributed by atoms with Crippen LogP contribution in [0.5, 0.6) is 0 Å². The van der Waals surface area contributed by atoms with Crippen LogP contribution < -0.4 is 0 Å². The summed E-state index contributed by atoms with van der Waals surface area (Å²) in [6.45, 7) is 14.5. The van der Waals surface area contributed by atoms with Gasteiger partial charge in [-0.2, -0.15) is 0 Å². The third kappa shape index (κ3) is 13.6. The van der Waals surface area contributed by atoms with Crippen LogP contribution in [-0.2, 0) is 66.8 Å². The Balaban J connectivity index is 2.03. The third-order valence-corrected chi connectivity index (χ3v) is 10.8. The van der Waals surface area contributed by atoms with Crippen LogP contribution in [-0.4, -0.2) is 148 Å². The van der Waals surface area contributed by atoms with E-state index in [2.05, 4.69) is 6.58 Å². The number of ketones is 1. The number of nitrogens with zero attached hydrogens (tertiary/aromatic N) is 1. The Bertz CT molecular complexity index is 1390. The summed E-state index contributed by atoms with van der Waals surface area (Å²) >= 11 is 0. The Hall–Kier alpha value is -2.90. The fourth-order valence-corrected chi connectivity index (χ4v) is 8.01. The van der Waals surface area contributed by atoms with Gasteiger partial charge in [-0.05, 0) is 60.2 Å². The third-order valence-electron chi connectivity index (χ3n) is 10.8. The van der Waals surface area contributed by atoms with Crippen LogP contribution in [0.15, 0.2) is 37.0 Å².